The molecule has 4 heterocycles. The van der Waals surface area contributed by atoms with Gasteiger partial charge in [-0.05, 0) is 36.5 Å². The number of likely N-dealkylation sites (tertiary alicyclic amines) is 1. The number of hydrogen-bond donors (Lipinski definition) is 1. The number of ether oxygens (including phenoxy) is 1. The molecule has 6 nitrogen and oxygen atoms in total. The van der Waals surface area contributed by atoms with Crippen LogP contribution in [-0.2, 0) is 30.2 Å². The molecule has 1 spiro atoms. The Hall–Kier alpha value is -1.96. The van der Waals surface area contributed by atoms with E-state index in [-0.39, 0.29) is 11.5 Å². The quantitative estimate of drug-likeness (QED) is 0.757. The third-order valence-corrected chi connectivity index (χ3v) is 6.93. The molecule has 1 saturated heterocycles. The molecular weight excluding hydrogens is 372 g/mol. The number of hydrogen-bond acceptors (Lipinski definition) is 5. The van der Waals surface area contributed by atoms with Gasteiger partial charge in [0.1, 0.15) is 0 Å². The zero-order chi connectivity index (χ0) is 19.6. The topological polar surface area (TPSA) is 59.4 Å². The van der Waals surface area contributed by atoms with Crippen molar-refractivity contribution < 1.29 is 9.53 Å². The number of nitrogens with one attached hydrogen (secondary N) is 1. The van der Waals surface area contributed by atoms with E-state index in [0.717, 1.165) is 62.4 Å². The third kappa shape index (κ3) is 3.92. The summed E-state index contributed by atoms with van der Waals surface area (Å²) < 4.78 is 8.09. The van der Waals surface area contributed by atoms with Crippen LogP contribution in [0.15, 0.2) is 31.1 Å². The predicted molar refractivity (Wildman–Crippen MR) is 111 cm³/mol. The molecule has 2 aromatic heterocycles. The minimum absolute atomic E-state index is 0.0162. The van der Waals surface area contributed by atoms with Crippen molar-refractivity contribution in [1.82, 2.24) is 20.0 Å². The Morgan fingerprint density at radius 2 is 2.29 bits per heavy atom. The number of rotatable bonds is 6. The maximum atomic E-state index is 12.7. The van der Waals surface area contributed by atoms with Crippen LogP contribution < -0.4 is 5.32 Å². The number of piperidine rings is 1. The highest BCUT2D eigenvalue weighted by Crippen LogP contribution is 2.44. The first-order chi connectivity index (χ1) is 13.6. The monoisotopic (exact) mass is 400 g/mol. The van der Waals surface area contributed by atoms with Gasteiger partial charge in [0.2, 0.25) is 0 Å². The minimum Gasteiger partial charge on any atom is -0.370 e. The molecule has 1 fully saturated rings. The molecule has 0 saturated carbocycles. The highest BCUT2D eigenvalue weighted by Gasteiger charge is 2.42. The molecule has 1 amide bonds. The van der Waals surface area contributed by atoms with E-state index in [0.29, 0.717) is 6.54 Å². The van der Waals surface area contributed by atoms with Crippen molar-refractivity contribution in [3.63, 3.8) is 0 Å². The van der Waals surface area contributed by atoms with Crippen LogP contribution in [0, 0.1) is 0 Å². The van der Waals surface area contributed by atoms with E-state index < -0.39 is 0 Å². The Morgan fingerprint density at radius 1 is 1.46 bits per heavy atom. The van der Waals surface area contributed by atoms with Crippen LogP contribution in [0.25, 0.3) is 0 Å². The number of fused-ring (bicyclic) bond motifs is 2. The summed E-state index contributed by atoms with van der Waals surface area (Å²) in [5.74, 6) is 0.0162. The van der Waals surface area contributed by atoms with Gasteiger partial charge in [0.15, 0.2) is 0 Å². The fraction of sp³-hybridized carbons (Fsp3) is 0.524. The summed E-state index contributed by atoms with van der Waals surface area (Å²) in [7, 11) is 1.90. The first-order valence-electron chi connectivity index (χ1n) is 9.96. The molecule has 7 heteroatoms. The Balaban J connectivity index is 1.41. The molecule has 4 rings (SSSR count). The fourth-order valence-electron chi connectivity index (χ4n) is 4.23. The lowest BCUT2D eigenvalue weighted by Crippen LogP contribution is -2.46. The van der Waals surface area contributed by atoms with E-state index in [2.05, 4.69) is 28.0 Å². The summed E-state index contributed by atoms with van der Waals surface area (Å²) in [4.78, 5) is 17.2. The van der Waals surface area contributed by atoms with E-state index in [1.54, 1.807) is 16.0 Å². The van der Waals surface area contributed by atoms with E-state index in [4.69, 9.17) is 4.74 Å². The predicted octanol–water partition coefficient (Wildman–Crippen LogP) is 2.50. The van der Waals surface area contributed by atoms with Crippen molar-refractivity contribution in [3.8, 4) is 0 Å². The van der Waals surface area contributed by atoms with Gasteiger partial charge in [-0.3, -0.25) is 14.4 Å². The van der Waals surface area contributed by atoms with Crippen molar-refractivity contribution in [2.24, 2.45) is 7.05 Å². The van der Waals surface area contributed by atoms with Gasteiger partial charge in [0, 0.05) is 50.7 Å². The molecule has 0 atom stereocenters. The summed E-state index contributed by atoms with van der Waals surface area (Å²) in [5.41, 5.74) is 2.17. The van der Waals surface area contributed by atoms with Crippen molar-refractivity contribution in [1.29, 1.82) is 0 Å². The number of amides is 1. The minimum atomic E-state index is -0.212. The maximum absolute atomic E-state index is 12.7. The van der Waals surface area contributed by atoms with Crippen LogP contribution in [0.1, 0.15) is 38.5 Å². The summed E-state index contributed by atoms with van der Waals surface area (Å²) in [6.45, 7) is 8.15. The molecule has 150 valence electrons. The van der Waals surface area contributed by atoms with Gasteiger partial charge in [0.05, 0.1) is 23.3 Å². The van der Waals surface area contributed by atoms with Crippen molar-refractivity contribution >= 4 is 17.2 Å². The van der Waals surface area contributed by atoms with Crippen LogP contribution in [0.4, 0.5) is 0 Å². The van der Waals surface area contributed by atoms with Crippen LogP contribution in [0.5, 0.6) is 0 Å². The van der Waals surface area contributed by atoms with Crippen molar-refractivity contribution in [3.05, 3.63) is 52.0 Å². The van der Waals surface area contributed by atoms with Gasteiger partial charge in [-0.1, -0.05) is 6.08 Å². The number of carbonyl (C=O) groups excluding carboxylic acids is 1. The molecule has 28 heavy (non-hydrogen) atoms. The molecule has 0 aromatic carbocycles. The summed E-state index contributed by atoms with van der Waals surface area (Å²) >= 11 is 1.63. The zero-order valence-electron chi connectivity index (χ0n) is 16.4. The molecule has 1 N–H and O–H groups in total. The lowest BCUT2D eigenvalue weighted by molar-refractivity contribution is -0.0958. The van der Waals surface area contributed by atoms with Crippen LogP contribution in [-0.4, -0.2) is 53.4 Å². The van der Waals surface area contributed by atoms with E-state index >= 15 is 0 Å². The number of aryl methyl sites for hydroxylation is 1. The van der Waals surface area contributed by atoms with Gasteiger partial charge < -0.3 is 10.1 Å². The van der Waals surface area contributed by atoms with Gasteiger partial charge in [-0.25, -0.2) is 0 Å². The normalized spacial score (nSPS) is 18.8. The Labute approximate surface area is 170 Å². The fourth-order valence-corrected chi connectivity index (χ4v) is 5.38. The first-order valence-corrected chi connectivity index (χ1v) is 10.8. The largest absolute Gasteiger partial charge is 0.370 e. The average molecular weight is 401 g/mol. The number of nitrogens with zero attached hydrogens (tertiary/aromatic N) is 3. The Bertz CT molecular complexity index is 848. The van der Waals surface area contributed by atoms with Crippen LogP contribution >= 0.6 is 11.3 Å². The van der Waals surface area contributed by atoms with E-state index in [1.807, 2.05) is 25.5 Å². The van der Waals surface area contributed by atoms with Gasteiger partial charge in [-0.2, -0.15) is 5.10 Å². The van der Waals surface area contributed by atoms with Gasteiger partial charge in [-0.15, -0.1) is 17.9 Å². The average Bonchev–Trinajstić information content (AvgIpc) is 3.31. The molecule has 0 unspecified atom stereocenters. The Kier molecular flexibility index (Phi) is 5.66. The second kappa shape index (κ2) is 8.19. The van der Waals surface area contributed by atoms with E-state index in [1.165, 1.54) is 10.4 Å². The smallest absolute Gasteiger partial charge is 0.261 e. The second-order valence-corrected chi connectivity index (χ2v) is 8.79. The van der Waals surface area contributed by atoms with Gasteiger partial charge in [0.25, 0.3) is 5.91 Å². The maximum Gasteiger partial charge on any atom is 0.261 e. The molecule has 2 aliphatic rings. The SMILES string of the molecule is C=CCN1CCC2(CC1)OCCc1sc(C(=O)NCCc3cnn(C)c3)cc12. The highest BCUT2D eigenvalue weighted by molar-refractivity contribution is 7.14. The van der Waals surface area contributed by atoms with Gasteiger partial charge >= 0.3 is 0 Å². The van der Waals surface area contributed by atoms with Crippen LogP contribution in [0.2, 0.25) is 0 Å². The van der Waals surface area contributed by atoms with Crippen molar-refractivity contribution in [2.75, 3.05) is 32.8 Å². The molecule has 0 aliphatic carbocycles. The zero-order valence-corrected chi connectivity index (χ0v) is 17.3. The molecule has 2 aliphatic heterocycles. The standard InChI is InChI=1S/C21H28N4O2S/c1-3-9-25-10-6-21(7-11-25)17-13-19(28-18(17)5-12-27-21)20(26)22-8-4-16-14-23-24(2)15-16/h3,13-15H,1,4-12H2,2H3,(H,22,26). The summed E-state index contributed by atoms with van der Waals surface area (Å²) in [5, 5.41) is 7.22. The second-order valence-electron chi connectivity index (χ2n) is 7.66. The number of carbonyl (C=O) groups is 1. The number of aromatic nitrogens is 2. The molecule has 2 aromatic rings. The lowest BCUT2D eigenvalue weighted by Gasteiger charge is -2.43. The number of thiophene rings is 1. The highest BCUT2D eigenvalue weighted by atomic mass is 32.1. The van der Waals surface area contributed by atoms with Crippen LogP contribution in [0.3, 0.4) is 0 Å². The summed E-state index contributed by atoms with van der Waals surface area (Å²) in [6, 6.07) is 2.09. The molecule has 0 bridgehead atoms. The third-order valence-electron chi connectivity index (χ3n) is 5.74. The van der Waals surface area contributed by atoms with Crippen molar-refractivity contribution in [2.45, 2.75) is 31.3 Å². The molecular formula is C21H28N4O2S. The Morgan fingerprint density at radius 3 is 3.00 bits per heavy atom. The summed E-state index contributed by atoms with van der Waals surface area (Å²) in [6.07, 6.45) is 9.44. The molecule has 0 radical (unpaired) electrons. The lowest BCUT2D eigenvalue weighted by atomic mass is 9.82. The van der Waals surface area contributed by atoms with E-state index in [9.17, 15) is 4.79 Å². The first kappa shape index (κ1) is 19.4.